The maximum absolute atomic E-state index is 6.17. The summed E-state index contributed by atoms with van der Waals surface area (Å²) < 4.78 is 0. The van der Waals surface area contributed by atoms with Crippen LogP contribution >= 0.6 is 0 Å². The molecule has 0 spiro atoms. The number of hydrogen-bond acceptors (Lipinski definition) is 1. The second-order valence-corrected chi connectivity index (χ2v) is 5.81. The summed E-state index contributed by atoms with van der Waals surface area (Å²) in [5, 5.41) is 0. The minimum atomic E-state index is 0.280. The number of hydrogen-bond donors (Lipinski definition) is 1. The summed E-state index contributed by atoms with van der Waals surface area (Å²) in [6.07, 6.45) is 10.5. The van der Waals surface area contributed by atoms with Gasteiger partial charge in [-0.3, -0.25) is 0 Å². The Morgan fingerprint density at radius 2 is 2.00 bits per heavy atom. The monoisotopic (exact) mass is 245 g/mol. The van der Waals surface area contributed by atoms with Crippen molar-refractivity contribution in [3.8, 4) is 0 Å². The van der Waals surface area contributed by atoms with Gasteiger partial charge in [0, 0.05) is 12.0 Å². The maximum Gasteiger partial charge on any atom is 0.00784 e. The molecule has 0 heterocycles. The van der Waals surface area contributed by atoms with Crippen molar-refractivity contribution in [2.75, 3.05) is 6.54 Å². The van der Waals surface area contributed by atoms with Gasteiger partial charge in [-0.05, 0) is 36.8 Å². The maximum atomic E-state index is 6.17. The Morgan fingerprint density at radius 3 is 2.78 bits per heavy atom. The van der Waals surface area contributed by atoms with E-state index in [-0.39, 0.29) is 5.41 Å². The Labute approximate surface area is 112 Å². The molecule has 1 aromatic rings. The van der Waals surface area contributed by atoms with Crippen LogP contribution in [0.4, 0.5) is 0 Å². The molecule has 100 valence electrons. The van der Waals surface area contributed by atoms with Gasteiger partial charge >= 0.3 is 0 Å². The molecule has 0 saturated carbocycles. The Balaban J connectivity index is 2.12. The summed E-state index contributed by atoms with van der Waals surface area (Å²) in [6.45, 7) is 3.09. The largest absolute Gasteiger partial charge is 0.330 e. The van der Waals surface area contributed by atoms with Crippen LogP contribution in [0.25, 0.3) is 0 Å². The Bertz CT molecular complexity index is 372. The van der Waals surface area contributed by atoms with Gasteiger partial charge in [-0.25, -0.2) is 0 Å². The van der Waals surface area contributed by atoms with Gasteiger partial charge in [-0.1, -0.05) is 56.9 Å². The van der Waals surface area contributed by atoms with Gasteiger partial charge in [0.25, 0.3) is 0 Å². The SMILES string of the molecule is CCCCCCC1(CN)CCCc2ccccc21. The van der Waals surface area contributed by atoms with Gasteiger partial charge in [0.05, 0.1) is 0 Å². The third-order valence-electron chi connectivity index (χ3n) is 4.59. The van der Waals surface area contributed by atoms with Crippen molar-refractivity contribution in [2.45, 2.75) is 63.7 Å². The average molecular weight is 245 g/mol. The Kier molecular flexibility index (Phi) is 4.82. The highest BCUT2D eigenvalue weighted by Gasteiger charge is 2.34. The molecule has 1 aromatic carbocycles. The molecule has 0 bridgehead atoms. The predicted octanol–water partition coefficient (Wildman–Crippen LogP) is 4.19. The van der Waals surface area contributed by atoms with Crippen molar-refractivity contribution in [2.24, 2.45) is 5.73 Å². The van der Waals surface area contributed by atoms with E-state index in [1.165, 1.54) is 51.4 Å². The van der Waals surface area contributed by atoms with E-state index in [2.05, 4.69) is 31.2 Å². The van der Waals surface area contributed by atoms with E-state index in [1.54, 1.807) is 11.1 Å². The van der Waals surface area contributed by atoms with Crippen molar-refractivity contribution < 1.29 is 0 Å². The molecule has 18 heavy (non-hydrogen) atoms. The van der Waals surface area contributed by atoms with Crippen LogP contribution in [0.1, 0.15) is 63.0 Å². The molecule has 0 aliphatic heterocycles. The molecule has 1 aliphatic carbocycles. The number of nitrogens with two attached hydrogens (primary N) is 1. The van der Waals surface area contributed by atoms with E-state index in [9.17, 15) is 0 Å². The first kappa shape index (κ1) is 13.6. The van der Waals surface area contributed by atoms with Crippen LogP contribution in [0, 0.1) is 0 Å². The highest BCUT2D eigenvalue weighted by atomic mass is 14.6. The molecular weight excluding hydrogens is 218 g/mol. The number of unbranched alkanes of at least 4 members (excludes halogenated alkanes) is 3. The lowest BCUT2D eigenvalue weighted by Crippen LogP contribution is -2.38. The predicted molar refractivity (Wildman–Crippen MR) is 78.9 cm³/mol. The van der Waals surface area contributed by atoms with Crippen LogP contribution in [0.2, 0.25) is 0 Å². The zero-order valence-corrected chi connectivity index (χ0v) is 11.8. The molecule has 1 aliphatic rings. The molecule has 0 fully saturated rings. The van der Waals surface area contributed by atoms with Crippen molar-refractivity contribution in [3.05, 3.63) is 35.4 Å². The van der Waals surface area contributed by atoms with E-state index in [0.717, 1.165) is 6.54 Å². The third kappa shape index (κ3) is 2.77. The van der Waals surface area contributed by atoms with Crippen LogP contribution < -0.4 is 5.73 Å². The van der Waals surface area contributed by atoms with Gasteiger partial charge in [0.2, 0.25) is 0 Å². The molecule has 0 aromatic heterocycles. The summed E-state index contributed by atoms with van der Waals surface area (Å²) in [5.74, 6) is 0. The van der Waals surface area contributed by atoms with E-state index in [4.69, 9.17) is 5.73 Å². The number of benzene rings is 1. The first-order valence-corrected chi connectivity index (χ1v) is 7.61. The van der Waals surface area contributed by atoms with Gasteiger partial charge in [-0.2, -0.15) is 0 Å². The van der Waals surface area contributed by atoms with E-state index in [0.29, 0.717) is 0 Å². The van der Waals surface area contributed by atoms with Gasteiger partial charge in [-0.15, -0.1) is 0 Å². The smallest absolute Gasteiger partial charge is 0.00784 e. The molecular formula is C17H27N. The first-order chi connectivity index (χ1) is 8.82. The molecule has 1 nitrogen and oxygen atoms in total. The topological polar surface area (TPSA) is 26.0 Å². The molecule has 0 amide bonds. The summed E-state index contributed by atoms with van der Waals surface area (Å²) in [4.78, 5) is 0. The van der Waals surface area contributed by atoms with Crippen LogP contribution in [0.5, 0.6) is 0 Å². The fraction of sp³-hybridized carbons (Fsp3) is 0.647. The number of aryl methyl sites for hydroxylation is 1. The Hall–Kier alpha value is -0.820. The minimum absolute atomic E-state index is 0.280. The van der Waals surface area contributed by atoms with E-state index < -0.39 is 0 Å². The molecule has 0 saturated heterocycles. The summed E-state index contributed by atoms with van der Waals surface area (Å²) in [7, 11) is 0. The van der Waals surface area contributed by atoms with Crippen LogP contribution in [-0.4, -0.2) is 6.54 Å². The zero-order chi connectivity index (χ0) is 12.8. The molecule has 2 rings (SSSR count). The fourth-order valence-corrected chi connectivity index (χ4v) is 3.47. The molecule has 1 atom stereocenters. The minimum Gasteiger partial charge on any atom is -0.330 e. The average Bonchev–Trinajstić information content (AvgIpc) is 2.44. The quantitative estimate of drug-likeness (QED) is 0.747. The lowest BCUT2D eigenvalue weighted by Gasteiger charge is -2.38. The summed E-state index contributed by atoms with van der Waals surface area (Å²) in [6, 6.07) is 8.97. The van der Waals surface area contributed by atoms with Gasteiger partial charge < -0.3 is 5.73 Å². The zero-order valence-electron chi connectivity index (χ0n) is 11.8. The van der Waals surface area contributed by atoms with Gasteiger partial charge in [0.1, 0.15) is 0 Å². The molecule has 0 radical (unpaired) electrons. The lowest BCUT2D eigenvalue weighted by molar-refractivity contribution is 0.330. The van der Waals surface area contributed by atoms with Crippen LogP contribution in [0.3, 0.4) is 0 Å². The molecule has 1 heteroatoms. The van der Waals surface area contributed by atoms with Crippen LogP contribution in [-0.2, 0) is 11.8 Å². The van der Waals surface area contributed by atoms with Gasteiger partial charge in [0.15, 0.2) is 0 Å². The molecule has 1 unspecified atom stereocenters. The lowest BCUT2D eigenvalue weighted by atomic mass is 9.67. The number of fused-ring (bicyclic) bond motifs is 1. The number of rotatable bonds is 6. The second kappa shape index (κ2) is 6.38. The highest BCUT2D eigenvalue weighted by molar-refractivity contribution is 5.37. The molecule has 2 N–H and O–H groups in total. The summed E-state index contributed by atoms with van der Waals surface area (Å²) in [5.41, 5.74) is 9.55. The van der Waals surface area contributed by atoms with Crippen molar-refractivity contribution >= 4 is 0 Å². The van der Waals surface area contributed by atoms with Crippen LogP contribution in [0.15, 0.2) is 24.3 Å². The second-order valence-electron chi connectivity index (χ2n) is 5.81. The highest BCUT2D eigenvalue weighted by Crippen LogP contribution is 2.40. The van der Waals surface area contributed by atoms with E-state index >= 15 is 0 Å². The van der Waals surface area contributed by atoms with E-state index in [1.807, 2.05) is 0 Å². The van der Waals surface area contributed by atoms with Crippen molar-refractivity contribution in [1.82, 2.24) is 0 Å². The summed E-state index contributed by atoms with van der Waals surface area (Å²) >= 11 is 0. The van der Waals surface area contributed by atoms with Crippen molar-refractivity contribution in [3.63, 3.8) is 0 Å². The van der Waals surface area contributed by atoms with Crippen molar-refractivity contribution in [1.29, 1.82) is 0 Å². The Morgan fingerprint density at radius 1 is 1.17 bits per heavy atom. The fourth-order valence-electron chi connectivity index (χ4n) is 3.47. The normalized spacial score (nSPS) is 22.8. The third-order valence-corrected chi connectivity index (χ3v) is 4.59. The standard InChI is InChI=1S/C17H27N/c1-2-3-4-7-12-17(14-18)13-8-10-15-9-5-6-11-16(15)17/h5-6,9,11H,2-4,7-8,10,12-14,18H2,1H3. The first-order valence-electron chi connectivity index (χ1n) is 7.61.